The van der Waals surface area contributed by atoms with Gasteiger partial charge in [-0.05, 0) is 25.0 Å². The fourth-order valence-electron chi connectivity index (χ4n) is 3.36. The highest BCUT2D eigenvalue weighted by Gasteiger charge is 2.34. The van der Waals surface area contributed by atoms with Gasteiger partial charge in [0.1, 0.15) is 6.54 Å². The number of anilines is 2. The molecular weight excluding hydrogens is 306 g/mol. The fourth-order valence-corrected chi connectivity index (χ4v) is 3.36. The maximum atomic E-state index is 12.9. The van der Waals surface area contributed by atoms with Crippen LogP contribution in [-0.2, 0) is 14.4 Å². The standard InChI is InChI=1S/C18H23N3O3/c1-12(2)17(23)20-9-7-13(8-10-20)18(24)21-11-16(22)19-14-5-3-4-6-15(14)21/h3-6,12-13H,7-11H2,1-2H3,(H,19,22). The van der Waals surface area contributed by atoms with E-state index < -0.39 is 0 Å². The number of nitrogens with one attached hydrogen (secondary N) is 1. The molecule has 24 heavy (non-hydrogen) atoms. The molecule has 6 heteroatoms. The van der Waals surface area contributed by atoms with Crippen LogP contribution >= 0.6 is 0 Å². The van der Waals surface area contributed by atoms with E-state index in [9.17, 15) is 14.4 Å². The molecule has 3 amide bonds. The molecule has 0 aliphatic carbocycles. The van der Waals surface area contributed by atoms with Gasteiger partial charge in [-0.2, -0.15) is 0 Å². The number of benzene rings is 1. The van der Waals surface area contributed by atoms with Crippen LogP contribution in [0.15, 0.2) is 24.3 Å². The van der Waals surface area contributed by atoms with Gasteiger partial charge in [0, 0.05) is 24.9 Å². The third-order valence-electron chi connectivity index (χ3n) is 4.69. The van der Waals surface area contributed by atoms with Gasteiger partial charge in [-0.15, -0.1) is 0 Å². The van der Waals surface area contributed by atoms with Crippen molar-refractivity contribution < 1.29 is 14.4 Å². The van der Waals surface area contributed by atoms with E-state index in [2.05, 4.69) is 5.32 Å². The van der Waals surface area contributed by atoms with Gasteiger partial charge in [0.25, 0.3) is 0 Å². The van der Waals surface area contributed by atoms with Crippen LogP contribution in [0.5, 0.6) is 0 Å². The number of fused-ring (bicyclic) bond motifs is 1. The molecule has 2 heterocycles. The van der Waals surface area contributed by atoms with Gasteiger partial charge < -0.3 is 15.1 Å². The molecule has 2 aliphatic rings. The zero-order valence-corrected chi connectivity index (χ0v) is 14.1. The third kappa shape index (κ3) is 3.13. The quantitative estimate of drug-likeness (QED) is 0.900. The lowest BCUT2D eigenvalue weighted by atomic mass is 9.94. The SMILES string of the molecule is CC(C)C(=O)N1CCC(C(=O)N2CC(=O)Nc3ccccc32)CC1. The summed E-state index contributed by atoms with van der Waals surface area (Å²) in [5, 5.41) is 2.80. The van der Waals surface area contributed by atoms with E-state index >= 15 is 0 Å². The molecular formula is C18H23N3O3. The van der Waals surface area contributed by atoms with Crippen LogP contribution in [0.3, 0.4) is 0 Å². The first-order valence-electron chi connectivity index (χ1n) is 8.46. The zero-order valence-electron chi connectivity index (χ0n) is 14.1. The Kier molecular flexibility index (Phi) is 4.55. The maximum absolute atomic E-state index is 12.9. The second-order valence-corrected chi connectivity index (χ2v) is 6.74. The van der Waals surface area contributed by atoms with Crippen LogP contribution in [-0.4, -0.2) is 42.3 Å². The van der Waals surface area contributed by atoms with Gasteiger partial charge >= 0.3 is 0 Å². The predicted octanol–water partition coefficient (Wildman–Crippen LogP) is 1.87. The first-order valence-corrected chi connectivity index (χ1v) is 8.46. The van der Waals surface area contributed by atoms with Crippen LogP contribution in [0.1, 0.15) is 26.7 Å². The van der Waals surface area contributed by atoms with Crippen molar-refractivity contribution in [2.45, 2.75) is 26.7 Å². The van der Waals surface area contributed by atoms with Gasteiger partial charge in [-0.1, -0.05) is 26.0 Å². The number of para-hydroxylation sites is 2. The Morgan fingerprint density at radius 2 is 1.83 bits per heavy atom. The highest BCUT2D eigenvalue weighted by molar-refractivity contribution is 6.10. The molecule has 0 radical (unpaired) electrons. The van der Waals surface area contributed by atoms with Crippen LogP contribution in [0.25, 0.3) is 0 Å². The molecule has 0 saturated carbocycles. The summed E-state index contributed by atoms with van der Waals surface area (Å²) in [5.74, 6) is -0.206. The number of hydrogen-bond acceptors (Lipinski definition) is 3. The lowest BCUT2D eigenvalue weighted by Crippen LogP contribution is -2.48. The van der Waals surface area contributed by atoms with Crippen molar-refractivity contribution in [3.05, 3.63) is 24.3 Å². The van der Waals surface area contributed by atoms with E-state index in [1.807, 2.05) is 36.9 Å². The molecule has 3 rings (SSSR count). The molecule has 1 aromatic carbocycles. The van der Waals surface area contributed by atoms with E-state index in [4.69, 9.17) is 0 Å². The predicted molar refractivity (Wildman–Crippen MR) is 91.6 cm³/mol. The lowest BCUT2D eigenvalue weighted by molar-refractivity contribution is -0.137. The summed E-state index contributed by atoms with van der Waals surface area (Å²) in [6.07, 6.45) is 1.30. The summed E-state index contributed by atoms with van der Waals surface area (Å²) in [6, 6.07) is 7.35. The van der Waals surface area contributed by atoms with E-state index in [0.29, 0.717) is 31.6 Å². The Morgan fingerprint density at radius 1 is 1.17 bits per heavy atom. The van der Waals surface area contributed by atoms with Crippen molar-refractivity contribution in [1.82, 2.24) is 4.90 Å². The Morgan fingerprint density at radius 3 is 2.50 bits per heavy atom. The Bertz CT molecular complexity index is 663. The first kappa shape index (κ1) is 16.5. The molecule has 128 valence electrons. The van der Waals surface area contributed by atoms with Gasteiger partial charge in [0.2, 0.25) is 17.7 Å². The van der Waals surface area contributed by atoms with E-state index in [-0.39, 0.29) is 36.1 Å². The molecule has 1 aromatic rings. The van der Waals surface area contributed by atoms with Gasteiger partial charge in [0.15, 0.2) is 0 Å². The monoisotopic (exact) mass is 329 g/mol. The highest BCUT2D eigenvalue weighted by Crippen LogP contribution is 2.31. The van der Waals surface area contributed by atoms with E-state index in [1.54, 1.807) is 11.0 Å². The summed E-state index contributed by atoms with van der Waals surface area (Å²) in [5.41, 5.74) is 1.43. The molecule has 0 unspecified atom stereocenters. The minimum absolute atomic E-state index is 0.0186. The molecule has 1 fully saturated rings. The van der Waals surface area contributed by atoms with Crippen LogP contribution in [0.4, 0.5) is 11.4 Å². The van der Waals surface area contributed by atoms with Crippen molar-refractivity contribution in [3.8, 4) is 0 Å². The average Bonchev–Trinajstić information content (AvgIpc) is 2.59. The first-order chi connectivity index (χ1) is 11.5. The Labute approximate surface area is 141 Å². The minimum atomic E-state index is -0.172. The number of amides is 3. The van der Waals surface area contributed by atoms with E-state index in [1.165, 1.54) is 0 Å². The topological polar surface area (TPSA) is 69.7 Å². The lowest BCUT2D eigenvalue weighted by Gasteiger charge is -2.36. The summed E-state index contributed by atoms with van der Waals surface area (Å²) >= 11 is 0. The van der Waals surface area contributed by atoms with Crippen molar-refractivity contribution in [1.29, 1.82) is 0 Å². The summed E-state index contributed by atoms with van der Waals surface area (Å²) in [4.78, 5) is 40.3. The smallest absolute Gasteiger partial charge is 0.244 e. The summed E-state index contributed by atoms with van der Waals surface area (Å²) in [6.45, 7) is 5.05. The molecule has 0 atom stereocenters. The van der Waals surface area contributed by atoms with Crippen molar-refractivity contribution in [3.63, 3.8) is 0 Å². The van der Waals surface area contributed by atoms with Crippen LogP contribution in [0, 0.1) is 11.8 Å². The molecule has 0 aromatic heterocycles. The fraction of sp³-hybridized carbons (Fsp3) is 0.500. The maximum Gasteiger partial charge on any atom is 0.244 e. The zero-order chi connectivity index (χ0) is 17.3. The molecule has 0 bridgehead atoms. The summed E-state index contributed by atoms with van der Waals surface area (Å²) in [7, 11) is 0. The number of likely N-dealkylation sites (tertiary alicyclic amines) is 1. The van der Waals surface area contributed by atoms with Crippen molar-refractivity contribution >= 4 is 29.1 Å². The van der Waals surface area contributed by atoms with Crippen molar-refractivity contribution in [2.24, 2.45) is 11.8 Å². The van der Waals surface area contributed by atoms with Gasteiger partial charge in [0.05, 0.1) is 11.4 Å². The molecule has 6 nitrogen and oxygen atoms in total. The number of piperidine rings is 1. The van der Waals surface area contributed by atoms with Crippen LogP contribution in [0.2, 0.25) is 0 Å². The number of carbonyl (C=O) groups is 3. The molecule has 1 saturated heterocycles. The van der Waals surface area contributed by atoms with Gasteiger partial charge in [-0.25, -0.2) is 0 Å². The normalized spacial score (nSPS) is 18.4. The number of rotatable bonds is 2. The Balaban J connectivity index is 1.70. The summed E-state index contributed by atoms with van der Waals surface area (Å²) < 4.78 is 0. The third-order valence-corrected chi connectivity index (χ3v) is 4.69. The largest absolute Gasteiger partial charge is 0.342 e. The second kappa shape index (κ2) is 6.63. The Hall–Kier alpha value is -2.37. The average molecular weight is 329 g/mol. The number of carbonyl (C=O) groups excluding carboxylic acids is 3. The molecule has 2 aliphatic heterocycles. The van der Waals surface area contributed by atoms with Crippen LogP contribution < -0.4 is 10.2 Å². The molecule has 0 spiro atoms. The number of nitrogens with zero attached hydrogens (tertiary/aromatic N) is 2. The van der Waals surface area contributed by atoms with Crippen molar-refractivity contribution in [2.75, 3.05) is 29.9 Å². The second-order valence-electron chi connectivity index (χ2n) is 6.74. The number of hydrogen-bond donors (Lipinski definition) is 1. The van der Waals surface area contributed by atoms with E-state index in [0.717, 1.165) is 5.69 Å². The van der Waals surface area contributed by atoms with Gasteiger partial charge in [-0.3, -0.25) is 14.4 Å². The molecule has 1 N–H and O–H groups in total. The minimum Gasteiger partial charge on any atom is -0.342 e. The highest BCUT2D eigenvalue weighted by atomic mass is 16.2.